The second-order valence-corrected chi connectivity index (χ2v) is 12.1. The molecule has 0 unspecified atom stereocenters. The highest BCUT2D eigenvalue weighted by molar-refractivity contribution is 6.89. The summed E-state index contributed by atoms with van der Waals surface area (Å²) in [6, 6.07) is 5.66. The Morgan fingerprint density at radius 1 is 1.00 bits per heavy atom. The normalized spacial score (nSPS) is 16.0. The van der Waals surface area contributed by atoms with Crippen molar-refractivity contribution < 1.29 is 9.59 Å². The summed E-state index contributed by atoms with van der Waals surface area (Å²) in [6.07, 6.45) is 0. The number of carbonyl (C=O) groups excluding carboxylic acids is 2. The van der Waals surface area contributed by atoms with E-state index in [-0.39, 0.29) is 11.8 Å². The second-order valence-electron chi connectivity index (χ2n) is 7.09. The Kier molecular flexibility index (Phi) is 2.97. The van der Waals surface area contributed by atoms with E-state index < -0.39 is 13.6 Å². The Labute approximate surface area is 115 Å². The Morgan fingerprint density at radius 2 is 1.58 bits per heavy atom. The van der Waals surface area contributed by atoms with Gasteiger partial charge in [-0.3, -0.25) is 14.5 Å². The van der Waals surface area contributed by atoms with Crippen molar-refractivity contribution in [1.82, 2.24) is 4.90 Å². The van der Waals surface area contributed by atoms with Crippen molar-refractivity contribution in [3.8, 4) is 0 Å². The fourth-order valence-electron chi connectivity index (χ4n) is 2.52. The van der Waals surface area contributed by atoms with Gasteiger partial charge in [-0.2, -0.15) is 0 Å². The molecule has 0 N–H and O–H groups in total. The molecule has 102 valence electrons. The quantitative estimate of drug-likeness (QED) is 0.583. The summed E-state index contributed by atoms with van der Waals surface area (Å²) in [7, 11) is -1.65. The van der Waals surface area contributed by atoms with Crippen molar-refractivity contribution in [1.29, 1.82) is 0 Å². The maximum Gasteiger partial charge on any atom is 0.262 e. The molecule has 2 rings (SSSR count). The fourth-order valence-corrected chi connectivity index (χ4v) is 4.11. The van der Waals surface area contributed by atoms with Crippen LogP contribution in [0.1, 0.15) is 41.5 Å². The molecule has 1 heterocycles. The molecule has 19 heavy (non-hydrogen) atoms. The third-order valence-electron chi connectivity index (χ3n) is 3.39. The average molecular weight is 275 g/mol. The van der Waals surface area contributed by atoms with Gasteiger partial charge in [0.1, 0.15) is 0 Å². The van der Waals surface area contributed by atoms with Crippen molar-refractivity contribution >= 4 is 25.1 Å². The van der Waals surface area contributed by atoms with E-state index in [1.165, 1.54) is 4.90 Å². The number of rotatable bonds is 1. The number of carbonyl (C=O) groups is 2. The molecular weight excluding hydrogens is 254 g/mol. The van der Waals surface area contributed by atoms with E-state index >= 15 is 0 Å². The lowest BCUT2D eigenvalue weighted by Crippen LogP contribution is -2.47. The number of amides is 2. The van der Waals surface area contributed by atoms with Crippen LogP contribution in [0, 0.1) is 0 Å². The van der Waals surface area contributed by atoms with Crippen molar-refractivity contribution in [2.24, 2.45) is 0 Å². The molecule has 0 fully saturated rings. The van der Waals surface area contributed by atoms with Crippen LogP contribution in [0.4, 0.5) is 0 Å². The molecular formula is C15H21NO2Si. The molecule has 3 nitrogen and oxygen atoms in total. The first-order valence-corrected chi connectivity index (χ1v) is 10.1. The third kappa shape index (κ3) is 2.14. The maximum absolute atomic E-state index is 12.6. The highest BCUT2D eigenvalue weighted by Crippen LogP contribution is 2.29. The standard InChI is InChI=1S/C15H21NO2Si/c1-15(2,3)16-13(17)10-8-7-9-11(19(4,5)6)12(10)14(16)18/h7-9H,1-6H3. The molecule has 0 bridgehead atoms. The monoisotopic (exact) mass is 275 g/mol. The smallest absolute Gasteiger partial charge is 0.262 e. The average Bonchev–Trinajstić information content (AvgIpc) is 2.49. The summed E-state index contributed by atoms with van der Waals surface area (Å²) in [6.45, 7) is 12.3. The van der Waals surface area contributed by atoms with Gasteiger partial charge in [0.05, 0.1) is 19.2 Å². The van der Waals surface area contributed by atoms with Crippen molar-refractivity contribution in [2.45, 2.75) is 46.0 Å². The summed E-state index contributed by atoms with van der Waals surface area (Å²) in [5.41, 5.74) is 0.727. The van der Waals surface area contributed by atoms with Gasteiger partial charge in [0.25, 0.3) is 11.8 Å². The van der Waals surface area contributed by atoms with Crippen LogP contribution >= 0.6 is 0 Å². The molecule has 0 saturated carbocycles. The van der Waals surface area contributed by atoms with E-state index in [1.54, 1.807) is 6.07 Å². The molecule has 0 spiro atoms. The van der Waals surface area contributed by atoms with Gasteiger partial charge in [0.2, 0.25) is 0 Å². The molecule has 0 aromatic heterocycles. The minimum Gasteiger partial charge on any atom is -0.269 e. The van der Waals surface area contributed by atoms with Gasteiger partial charge in [-0.05, 0) is 32.0 Å². The number of hydrogen-bond donors (Lipinski definition) is 0. The minimum absolute atomic E-state index is 0.134. The first kappa shape index (κ1) is 14.0. The van der Waals surface area contributed by atoms with Crippen LogP contribution in [0.25, 0.3) is 0 Å². The van der Waals surface area contributed by atoms with E-state index in [2.05, 4.69) is 19.6 Å². The van der Waals surface area contributed by atoms with Crippen LogP contribution in [0.15, 0.2) is 18.2 Å². The Morgan fingerprint density at radius 3 is 2.05 bits per heavy atom. The van der Waals surface area contributed by atoms with E-state index in [0.717, 1.165) is 5.19 Å². The second kappa shape index (κ2) is 4.03. The van der Waals surface area contributed by atoms with Crippen LogP contribution in [-0.2, 0) is 0 Å². The van der Waals surface area contributed by atoms with Crippen molar-refractivity contribution in [3.05, 3.63) is 29.3 Å². The van der Waals surface area contributed by atoms with Gasteiger partial charge in [0.15, 0.2) is 0 Å². The van der Waals surface area contributed by atoms with E-state index in [9.17, 15) is 9.59 Å². The van der Waals surface area contributed by atoms with Crippen molar-refractivity contribution in [2.75, 3.05) is 0 Å². The van der Waals surface area contributed by atoms with Gasteiger partial charge in [-0.1, -0.05) is 31.8 Å². The van der Waals surface area contributed by atoms with Crippen LogP contribution in [0.5, 0.6) is 0 Å². The molecule has 1 aromatic carbocycles. The lowest BCUT2D eigenvalue weighted by Gasteiger charge is -2.30. The lowest BCUT2D eigenvalue weighted by atomic mass is 10.1. The summed E-state index contributed by atoms with van der Waals surface area (Å²) in [4.78, 5) is 26.5. The molecule has 0 radical (unpaired) electrons. The number of fused-ring (bicyclic) bond motifs is 1. The minimum atomic E-state index is -1.65. The summed E-state index contributed by atoms with van der Waals surface area (Å²) < 4.78 is 0. The highest BCUT2D eigenvalue weighted by atomic mass is 28.3. The van der Waals surface area contributed by atoms with Gasteiger partial charge in [-0.15, -0.1) is 0 Å². The molecule has 0 saturated heterocycles. The molecule has 4 heteroatoms. The molecule has 1 aliphatic rings. The van der Waals surface area contributed by atoms with Gasteiger partial charge < -0.3 is 0 Å². The van der Waals surface area contributed by atoms with Gasteiger partial charge in [0, 0.05) is 5.54 Å². The molecule has 0 atom stereocenters. The van der Waals surface area contributed by atoms with E-state index in [0.29, 0.717) is 11.1 Å². The molecule has 2 amide bonds. The van der Waals surface area contributed by atoms with E-state index in [1.807, 2.05) is 32.9 Å². The zero-order valence-electron chi connectivity index (χ0n) is 12.5. The predicted octanol–water partition coefficient (Wildman–Crippen LogP) is 2.63. The SMILES string of the molecule is CC(C)(C)N1C(=O)c2cccc([Si](C)(C)C)c2C1=O. The first-order chi connectivity index (χ1) is 8.55. The number of nitrogens with zero attached hydrogens (tertiary/aromatic N) is 1. The van der Waals surface area contributed by atoms with Gasteiger partial charge in [-0.25, -0.2) is 0 Å². The fraction of sp³-hybridized carbons (Fsp3) is 0.467. The molecule has 1 aliphatic heterocycles. The van der Waals surface area contributed by atoms with Gasteiger partial charge >= 0.3 is 0 Å². The zero-order chi connectivity index (χ0) is 14.6. The molecule has 1 aromatic rings. The third-order valence-corrected chi connectivity index (χ3v) is 5.43. The Balaban J connectivity index is 2.67. The largest absolute Gasteiger partial charge is 0.269 e. The highest BCUT2D eigenvalue weighted by Gasteiger charge is 2.44. The first-order valence-electron chi connectivity index (χ1n) is 6.57. The van der Waals surface area contributed by atoms with Crippen LogP contribution in [0.3, 0.4) is 0 Å². The van der Waals surface area contributed by atoms with E-state index in [4.69, 9.17) is 0 Å². The summed E-state index contributed by atoms with van der Waals surface area (Å²) in [5.74, 6) is -0.293. The number of benzene rings is 1. The summed E-state index contributed by atoms with van der Waals surface area (Å²) >= 11 is 0. The van der Waals surface area contributed by atoms with Crippen LogP contribution in [-0.4, -0.2) is 30.3 Å². The Hall–Kier alpha value is -1.42. The van der Waals surface area contributed by atoms with Crippen LogP contribution in [0.2, 0.25) is 19.6 Å². The Bertz CT molecular complexity index is 564. The topological polar surface area (TPSA) is 37.4 Å². The van der Waals surface area contributed by atoms with Crippen molar-refractivity contribution in [3.63, 3.8) is 0 Å². The number of imide groups is 1. The maximum atomic E-state index is 12.6. The van der Waals surface area contributed by atoms with Crippen LogP contribution < -0.4 is 5.19 Å². The predicted molar refractivity (Wildman–Crippen MR) is 79.7 cm³/mol. The number of hydrogen-bond acceptors (Lipinski definition) is 2. The molecule has 0 aliphatic carbocycles. The lowest BCUT2D eigenvalue weighted by molar-refractivity contribution is 0.0508. The zero-order valence-corrected chi connectivity index (χ0v) is 13.5. The summed E-state index contributed by atoms with van der Waals surface area (Å²) in [5, 5.41) is 1.08.